The van der Waals surface area contributed by atoms with E-state index < -0.39 is 23.9 Å². The lowest BCUT2D eigenvalue weighted by Gasteiger charge is -2.21. The van der Waals surface area contributed by atoms with E-state index in [2.05, 4.69) is 27.0 Å². The second-order valence-corrected chi connectivity index (χ2v) is 9.04. The van der Waals surface area contributed by atoms with Crippen molar-refractivity contribution >= 4 is 40.2 Å². The van der Waals surface area contributed by atoms with Gasteiger partial charge in [0.25, 0.3) is 5.91 Å². The number of ether oxygens (including phenoxy) is 1. The van der Waals surface area contributed by atoms with Crippen LogP contribution in [0.1, 0.15) is 42.6 Å². The molecule has 10 heteroatoms. The maximum absolute atomic E-state index is 13.0. The van der Waals surface area contributed by atoms with E-state index in [1.54, 1.807) is 18.2 Å². The van der Waals surface area contributed by atoms with Gasteiger partial charge < -0.3 is 25.7 Å². The van der Waals surface area contributed by atoms with Crippen molar-refractivity contribution in [1.82, 2.24) is 20.9 Å². The molecule has 2 fully saturated rings. The van der Waals surface area contributed by atoms with E-state index in [0.29, 0.717) is 47.0 Å². The number of hydrogen-bond acceptors (Lipinski definition) is 5. The number of nitrogens with one attached hydrogen (secondary N) is 4. The van der Waals surface area contributed by atoms with Crippen molar-refractivity contribution in [1.29, 1.82) is 5.26 Å². The average Bonchev–Trinajstić information content (AvgIpc) is 3.34. The first-order chi connectivity index (χ1) is 15.9. The Labute approximate surface area is 196 Å². The first-order valence-electron chi connectivity index (χ1n) is 11.0. The molecule has 1 aromatic heterocycles. The number of rotatable bonds is 9. The number of nitriles is 1. The van der Waals surface area contributed by atoms with E-state index >= 15 is 0 Å². The van der Waals surface area contributed by atoms with Gasteiger partial charge in [-0.3, -0.25) is 14.4 Å². The number of carbonyl (C=O) groups is 3. The van der Waals surface area contributed by atoms with Crippen LogP contribution < -0.4 is 20.7 Å². The van der Waals surface area contributed by atoms with E-state index in [9.17, 15) is 19.6 Å². The Hall–Kier alpha value is -3.25. The number of methoxy groups -OCH3 is 1. The third-order valence-electron chi connectivity index (χ3n) is 6.21. The molecular weight excluding hydrogens is 446 g/mol. The lowest BCUT2D eigenvalue weighted by molar-refractivity contribution is -0.125. The molecule has 4 N–H and O–H groups in total. The van der Waals surface area contributed by atoms with E-state index in [-0.39, 0.29) is 23.9 Å². The SMILES string of the molecule is COc1ccc(Cl)c2[nH]c(C(=O)NC(CC3CC3)C(=O)NC(C#N)CC3CCNC3=O)cc12. The summed E-state index contributed by atoms with van der Waals surface area (Å²) in [5.74, 6) is -0.331. The number of carbonyl (C=O) groups excluding carboxylic acids is 3. The molecule has 0 spiro atoms. The highest BCUT2D eigenvalue weighted by Gasteiger charge is 2.33. The molecule has 3 unspecified atom stereocenters. The van der Waals surface area contributed by atoms with Crippen LogP contribution in [0.5, 0.6) is 5.75 Å². The Morgan fingerprint density at radius 2 is 2.06 bits per heavy atom. The molecule has 1 aliphatic heterocycles. The standard InChI is InChI=1S/C23H26ClN5O4/c1-33-19-5-4-16(24)20-15(19)10-18(28-20)23(32)29-17(8-12-2-3-12)22(31)27-14(11-25)9-13-6-7-26-21(13)30/h4-5,10,12-14,17,28H,2-3,6-9H2,1H3,(H,26,30)(H,27,31)(H,29,32). The van der Waals surface area contributed by atoms with Crippen molar-refractivity contribution in [2.75, 3.05) is 13.7 Å². The Morgan fingerprint density at radius 3 is 2.70 bits per heavy atom. The van der Waals surface area contributed by atoms with E-state index in [1.807, 2.05) is 0 Å². The molecule has 1 aliphatic carbocycles. The Kier molecular flexibility index (Phi) is 6.75. The molecule has 0 bridgehead atoms. The maximum atomic E-state index is 13.0. The molecule has 2 heterocycles. The predicted molar refractivity (Wildman–Crippen MR) is 122 cm³/mol. The van der Waals surface area contributed by atoms with Gasteiger partial charge in [-0.2, -0.15) is 5.26 Å². The van der Waals surface area contributed by atoms with Gasteiger partial charge >= 0.3 is 0 Å². The van der Waals surface area contributed by atoms with Crippen LogP contribution in [0, 0.1) is 23.2 Å². The monoisotopic (exact) mass is 471 g/mol. The van der Waals surface area contributed by atoms with Crippen LogP contribution in [0.2, 0.25) is 5.02 Å². The molecule has 0 radical (unpaired) electrons. The van der Waals surface area contributed by atoms with Gasteiger partial charge in [-0.25, -0.2) is 0 Å². The zero-order valence-corrected chi connectivity index (χ0v) is 19.0. The average molecular weight is 472 g/mol. The van der Waals surface area contributed by atoms with Crippen LogP contribution in [0.15, 0.2) is 18.2 Å². The fourth-order valence-corrected chi connectivity index (χ4v) is 4.40. The van der Waals surface area contributed by atoms with Crippen LogP contribution in [-0.2, 0) is 9.59 Å². The number of hydrogen-bond donors (Lipinski definition) is 4. The number of H-pyrrole nitrogens is 1. The molecule has 4 rings (SSSR count). The van der Waals surface area contributed by atoms with Crippen molar-refractivity contribution in [3.8, 4) is 11.8 Å². The molecule has 174 valence electrons. The summed E-state index contributed by atoms with van der Waals surface area (Å²) in [5, 5.41) is 18.9. The molecule has 1 saturated heterocycles. The summed E-state index contributed by atoms with van der Waals surface area (Å²) >= 11 is 6.25. The van der Waals surface area contributed by atoms with Gasteiger partial charge in [0.2, 0.25) is 11.8 Å². The summed E-state index contributed by atoms with van der Waals surface area (Å²) in [4.78, 5) is 40.8. The summed E-state index contributed by atoms with van der Waals surface area (Å²) in [6.07, 6.45) is 3.38. The molecule has 1 saturated carbocycles. The van der Waals surface area contributed by atoms with E-state index in [4.69, 9.17) is 16.3 Å². The second-order valence-electron chi connectivity index (χ2n) is 8.63. The highest BCUT2D eigenvalue weighted by Crippen LogP contribution is 2.34. The number of amides is 3. The quantitative estimate of drug-likeness (QED) is 0.444. The van der Waals surface area contributed by atoms with Gasteiger partial charge in [-0.1, -0.05) is 24.4 Å². The number of benzene rings is 1. The minimum Gasteiger partial charge on any atom is -0.496 e. The predicted octanol–water partition coefficient (Wildman–Crippen LogP) is 2.26. The lowest BCUT2D eigenvalue weighted by atomic mass is 9.98. The number of aromatic amines is 1. The van der Waals surface area contributed by atoms with Gasteiger partial charge in [0.1, 0.15) is 23.5 Å². The zero-order valence-electron chi connectivity index (χ0n) is 18.2. The molecule has 2 aromatic rings. The Morgan fingerprint density at radius 1 is 1.27 bits per heavy atom. The topological polar surface area (TPSA) is 136 Å². The van der Waals surface area contributed by atoms with E-state index in [1.165, 1.54) is 7.11 Å². The van der Waals surface area contributed by atoms with Crippen molar-refractivity contribution in [3.05, 3.63) is 28.9 Å². The van der Waals surface area contributed by atoms with Crippen LogP contribution in [0.4, 0.5) is 0 Å². The minimum atomic E-state index is -0.805. The number of aromatic nitrogens is 1. The van der Waals surface area contributed by atoms with Crippen molar-refractivity contribution in [3.63, 3.8) is 0 Å². The van der Waals surface area contributed by atoms with Gasteiger partial charge in [0.15, 0.2) is 0 Å². The van der Waals surface area contributed by atoms with Gasteiger partial charge in [-0.05, 0) is 43.4 Å². The molecule has 2 aliphatic rings. The zero-order chi connectivity index (χ0) is 23.5. The normalized spacial score (nSPS) is 19.4. The highest BCUT2D eigenvalue weighted by atomic mass is 35.5. The van der Waals surface area contributed by atoms with Crippen LogP contribution >= 0.6 is 11.6 Å². The smallest absolute Gasteiger partial charge is 0.268 e. The first-order valence-corrected chi connectivity index (χ1v) is 11.4. The van der Waals surface area contributed by atoms with Crippen molar-refractivity contribution in [2.45, 2.75) is 44.2 Å². The third kappa shape index (κ3) is 5.22. The molecule has 33 heavy (non-hydrogen) atoms. The van der Waals surface area contributed by atoms with Crippen LogP contribution in [0.3, 0.4) is 0 Å². The first kappa shape index (κ1) is 22.9. The second kappa shape index (κ2) is 9.71. The molecule has 3 atom stereocenters. The Balaban J connectivity index is 1.47. The maximum Gasteiger partial charge on any atom is 0.268 e. The lowest BCUT2D eigenvalue weighted by Crippen LogP contribution is -2.50. The van der Waals surface area contributed by atoms with Crippen LogP contribution in [-0.4, -0.2) is 48.4 Å². The summed E-state index contributed by atoms with van der Waals surface area (Å²) in [6.45, 7) is 0.579. The van der Waals surface area contributed by atoms with Crippen molar-refractivity contribution in [2.24, 2.45) is 11.8 Å². The van der Waals surface area contributed by atoms with Gasteiger partial charge in [0.05, 0.1) is 23.7 Å². The van der Waals surface area contributed by atoms with Crippen LogP contribution in [0.25, 0.3) is 10.9 Å². The number of nitrogens with zero attached hydrogens (tertiary/aromatic N) is 1. The largest absolute Gasteiger partial charge is 0.496 e. The fourth-order valence-electron chi connectivity index (χ4n) is 4.18. The molecule has 3 amide bonds. The summed E-state index contributed by atoms with van der Waals surface area (Å²) in [7, 11) is 1.53. The molecule has 1 aromatic carbocycles. The van der Waals surface area contributed by atoms with Gasteiger partial charge in [0, 0.05) is 17.8 Å². The van der Waals surface area contributed by atoms with Crippen molar-refractivity contribution < 1.29 is 19.1 Å². The number of fused-ring (bicyclic) bond motifs is 1. The fraction of sp³-hybridized carbons (Fsp3) is 0.478. The number of halogens is 1. The summed E-state index contributed by atoms with van der Waals surface area (Å²) < 4.78 is 5.34. The summed E-state index contributed by atoms with van der Waals surface area (Å²) in [6, 6.07) is 5.51. The highest BCUT2D eigenvalue weighted by molar-refractivity contribution is 6.35. The third-order valence-corrected chi connectivity index (χ3v) is 6.53. The summed E-state index contributed by atoms with van der Waals surface area (Å²) in [5.41, 5.74) is 0.827. The molecular formula is C23H26ClN5O4. The molecule has 9 nitrogen and oxygen atoms in total. The Bertz CT molecular complexity index is 1120. The minimum absolute atomic E-state index is 0.0970. The van der Waals surface area contributed by atoms with E-state index in [0.717, 1.165) is 12.8 Å². The van der Waals surface area contributed by atoms with Gasteiger partial charge in [-0.15, -0.1) is 0 Å².